The van der Waals surface area contributed by atoms with Gasteiger partial charge in [-0.2, -0.15) is 5.26 Å². The molecule has 4 atom stereocenters. The number of hydrogen-bond acceptors (Lipinski definition) is 7. The summed E-state index contributed by atoms with van der Waals surface area (Å²) in [4.78, 5) is 4.48. The second kappa shape index (κ2) is 5.88. The normalized spacial score (nSPS) is 30.2. The third-order valence-corrected chi connectivity index (χ3v) is 6.06. The van der Waals surface area contributed by atoms with Gasteiger partial charge in [0, 0.05) is 5.92 Å². The van der Waals surface area contributed by atoms with Crippen LogP contribution in [0.2, 0.25) is 0 Å². The van der Waals surface area contributed by atoms with Crippen molar-refractivity contribution in [3.63, 3.8) is 0 Å². The summed E-state index contributed by atoms with van der Waals surface area (Å²) in [7, 11) is 0. The van der Waals surface area contributed by atoms with Gasteiger partial charge in [-0.25, -0.2) is 0 Å². The highest BCUT2D eigenvalue weighted by Gasteiger charge is 2.49. The second-order valence-electron chi connectivity index (χ2n) is 6.57. The first kappa shape index (κ1) is 15.6. The highest BCUT2D eigenvalue weighted by atomic mass is 32.1. The minimum absolute atomic E-state index is 0.00625. The Kier molecular flexibility index (Phi) is 3.83. The van der Waals surface area contributed by atoms with Crippen LogP contribution in [0.1, 0.15) is 26.2 Å². The van der Waals surface area contributed by atoms with E-state index in [1.54, 1.807) is 18.3 Å². The molecule has 0 saturated carbocycles. The minimum Gasteiger partial charge on any atom is -0.389 e. The largest absolute Gasteiger partial charge is 0.389 e. The summed E-state index contributed by atoms with van der Waals surface area (Å²) in [6, 6.07) is 4.17. The van der Waals surface area contributed by atoms with Crippen LogP contribution in [0.25, 0.3) is 10.2 Å². The van der Waals surface area contributed by atoms with Crippen molar-refractivity contribution in [3.8, 4) is 6.07 Å². The maximum absolute atomic E-state index is 10.6. The molecule has 2 aromatic heterocycles. The van der Waals surface area contributed by atoms with Crippen molar-refractivity contribution in [2.45, 2.75) is 44.1 Å². The fraction of sp³-hybridized carbons (Fsp3) is 0.529. The number of rotatable bonds is 3. The van der Waals surface area contributed by atoms with E-state index in [9.17, 15) is 5.11 Å². The molecule has 126 valence electrons. The molecule has 2 aromatic rings. The third-order valence-electron chi connectivity index (χ3n) is 5.14. The minimum atomic E-state index is -0.667. The van der Waals surface area contributed by atoms with E-state index in [4.69, 9.17) is 10.00 Å². The van der Waals surface area contributed by atoms with E-state index in [2.05, 4.69) is 21.7 Å². The quantitative estimate of drug-likeness (QED) is 0.793. The Labute approximate surface area is 144 Å². The Morgan fingerprint density at radius 2 is 2.42 bits per heavy atom. The molecule has 2 aliphatic heterocycles. The molecule has 1 fully saturated rings. The highest BCUT2D eigenvalue weighted by Crippen LogP contribution is 2.46. The molecule has 6 nitrogen and oxygen atoms in total. The van der Waals surface area contributed by atoms with Crippen LogP contribution in [0.5, 0.6) is 0 Å². The third kappa shape index (κ3) is 2.34. The molecule has 2 aliphatic rings. The van der Waals surface area contributed by atoms with Crippen molar-refractivity contribution in [1.82, 2.24) is 4.98 Å². The number of nitriles is 1. The van der Waals surface area contributed by atoms with E-state index in [0.29, 0.717) is 13.0 Å². The van der Waals surface area contributed by atoms with Gasteiger partial charge in [0.2, 0.25) is 0 Å². The molecule has 7 heteroatoms. The van der Waals surface area contributed by atoms with Crippen LogP contribution in [0.4, 0.5) is 11.4 Å². The molecule has 4 heterocycles. The van der Waals surface area contributed by atoms with Gasteiger partial charge in [-0.15, -0.1) is 11.3 Å². The van der Waals surface area contributed by atoms with Crippen LogP contribution in [-0.2, 0) is 4.74 Å². The number of aliphatic hydroxyl groups is 1. The zero-order valence-corrected chi connectivity index (χ0v) is 14.3. The molecular weight excluding hydrogens is 324 g/mol. The number of nitrogens with one attached hydrogen (secondary N) is 2. The predicted molar refractivity (Wildman–Crippen MR) is 94.0 cm³/mol. The Hall–Kier alpha value is -1.88. The van der Waals surface area contributed by atoms with E-state index >= 15 is 0 Å². The number of fused-ring (bicyclic) bond motifs is 3. The summed E-state index contributed by atoms with van der Waals surface area (Å²) in [5.41, 5.74) is 2.23. The van der Waals surface area contributed by atoms with Crippen LogP contribution < -0.4 is 10.6 Å². The summed E-state index contributed by atoms with van der Waals surface area (Å²) in [5.74, 6) is 0.106. The smallest absolute Gasteiger partial charge is 0.139 e. The number of hydrogen-bond donors (Lipinski definition) is 3. The lowest BCUT2D eigenvalue weighted by atomic mass is 9.83. The van der Waals surface area contributed by atoms with Gasteiger partial charge in [-0.1, -0.05) is 0 Å². The maximum Gasteiger partial charge on any atom is 0.139 e. The van der Waals surface area contributed by atoms with Gasteiger partial charge < -0.3 is 20.5 Å². The van der Waals surface area contributed by atoms with Crippen molar-refractivity contribution in [1.29, 1.82) is 5.26 Å². The molecule has 3 N–H and O–H groups in total. The standard InChI is InChI=1S/C17H20N4O2S/c1-10(22)17(11-2-3-12(4-6-18)23-9-11)20-14-8-19-13-5-7-24-16(13)15(14)21-17/h5,7-8,10-12,20-22H,2-4,9H2,1H3/t10-,11-,12-,17?/m1/s1. The van der Waals surface area contributed by atoms with Crippen molar-refractivity contribution in [2.24, 2.45) is 5.92 Å². The SMILES string of the molecule is C[C@@H](O)C1([C@@H]2CC[C@H](CC#N)OC2)Nc2cnc3ccsc3c2N1. The van der Waals surface area contributed by atoms with E-state index < -0.39 is 11.8 Å². The summed E-state index contributed by atoms with van der Waals surface area (Å²) in [5, 5.41) is 28.5. The number of ether oxygens (including phenoxy) is 1. The van der Waals surface area contributed by atoms with Gasteiger partial charge in [0.1, 0.15) is 5.66 Å². The molecule has 0 spiro atoms. The fourth-order valence-electron chi connectivity index (χ4n) is 3.77. The average Bonchev–Trinajstić information content (AvgIpc) is 3.20. The van der Waals surface area contributed by atoms with Crippen molar-refractivity contribution in [3.05, 3.63) is 17.6 Å². The lowest BCUT2D eigenvalue weighted by Crippen LogP contribution is -2.59. The summed E-state index contributed by atoms with van der Waals surface area (Å²) in [6.45, 7) is 2.32. The number of aliphatic hydroxyl groups excluding tert-OH is 1. The highest BCUT2D eigenvalue weighted by molar-refractivity contribution is 7.17. The molecule has 4 rings (SSSR count). The molecule has 0 bridgehead atoms. The van der Waals surface area contributed by atoms with Crippen molar-refractivity contribution in [2.75, 3.05) is 17.2 Å². The van der Waals surface area contributed by atoms with Crippen LogP contribution in [0, 0.1) is 17.2 Å². The monoisotopic (exact) mass is 344 g/mol. The molecule has 1 unspecified atom stereocenters. The first-order chi connectivity index (χ1) is 11.6. The number of anilines is 2. The summed E-state index contributed by atoms with van der Waals surface area (Å²) >= 11 is 1.64. The van der Waals surface area contributed by atoms with Gasteiger partial charge >= 0.3 is 0 Å². The van der Waals surface area contributed by atoms with E-state index in [1.165, 1.54) is 0 Å². The molecule has 24 heavy (non-hydrogen) atoms. The molecular formula is C17H20N4O2S. The van der Waals surface area contributed by atoms with Crippen molar-refractivity contribution >= 4 is 32.9 Å². The van der Waals surface area contributed by atoms with Gasteiger partial charge in [0.25, 0.3) is 0 Å². The zero-order valence-electron chi connectivity index (χ0n) is 13.5. The number of aromatic nitrogens is 1. The predicted octanol–water partition coefficient (Wildman–Crippen LogP) is 2.92. The lowest BCUT2D eigenvalue weighted by Gasteiger charge is -2.43. The lowest BCUT2D eigenvalue weighted by molar-refractivity contribution is -0.0460. The van der Waals surface area contributed by atoms with Crippen LogP contribution >= 0.6 is 11.3 Å². The van der Waals surface area contributed by atoms with Gasteiger partial charge in [0.15, 0.2) is 0 Å². The topological polar surface area (TPSA) is 90.2 Å². The molecule has 1 saturated heterocycles. The first-order valence-electron chi connectivity index (χ1n) is 8.23. The Morgan fingerprint density at radius 3 is 3.12 bits per heavy atom. The van der Waals surface area contributed by atoms with Gasteiger partial charge in [-0.3, -0.25) is 4.98 Å². The number of thiophene rings is 1. The summed E-state index contributed by atoms with van der Waals surface area (Å²) in [6.07, 6.45) is 3.37. The molecule has 0 aliphatic carbocycles. The summed E-state index contributed by atoms with van der Waals surface area (Å²) < 4.78 is 6.96. The molecule has 0 aromatic carbocycles. The fourth-order valence-corrected chi connectivity index (χ4v) is 4.63. The number of pyridine rings is 1. The zero-order chi connectivity index (χ0) is 16.7. The molecule has 0 amide bonds. The average molecular weight is 344 g/mol. The Bertz CT molecular complexity index is 791. The molecule has 0 radical (unpaired) electrons. The Morgan fingerprint density at radius 1 is 1.54 bits per heavy atom. The van der Waals surface area contributed by atoms with E-state index in [1.807, 2.05) is 17.6 Å². The number of nitrogens with zero attached hydrogens (tertiary/aromatic N) is 2. The van der Waals surface area contributed by atoms with Crippen LogP contribution in [-0.4, -0.2) is 34.6 Å². The van der Waals surface area contributed by atoms with E-state index in [0.717, 1.165) is 34.4 Å². The van der Waals surface area contributed by atoms with Crippen LogP contribution in [0.3, 0.4) is 0 Å². The van der Waals surface area contributed by atoms with Crippen LogP contribution in [0.15, 0.2) is 17.6 Å². The van der Waals surface area contributed by atoms with E-state index in [-0.39, 0.29) is 12.0 Å². The van der Waals surface area contributed by atoms with Gasteiger partial charge in [-0.05, 0) is 31.2 Å². The van der Waals surface area contributed by atoms with Gasteiger partial charge in [0.05, 0.1) is 59.1 Å². The maximum atomic E-state index is 10.6. The second-order valence-corrected chi connectivity index (χ2v) is 7.48. The Balaban J connectivity index is 1.63. The first-order valence-corrected chi connectivity index (χ1v) is 9.11. The van der Waals surface area contributed by atoms with Crippen molar-refractivity contribution < 1.29 is 9.84 Å².